The number of likely N-dealkylation sites (N-methyl/N-ethyl adjacent to an activating group) is 1. The zero-order valence-corrected chi connectivity index (χ0v) is 24.1. The number of rotatable bonds is 4. The van der Waals surface area contributed by atoms with Gasteiger partial charge in [-0.15, -0.1) is 0 Å². The monoisotopic (exact) mass is 530 g/mol. The van der Waals surface area contributed by atoms with Gasteiger partial charge in [-0.05, 0) is 96.0 Å². The number of hydrogen-bond acceptors (Lipinski definition) is 6. The van der Waals surface area contributed by atoms with Crippen LogP contribution in [0.25, 0.3) is 5.65 Å². The first-order valence-corrected chi connectivity index (χ1v) is 14.5. The van der Waals surface area contributed by atoms with Gasteiger partial charge < -0.3 is 14.5 Å². The molecule has 0 spiro atoms. The van der Waals surface area contributed by atoms with Crippen molar-refractivity contribution >= 4 is 17.6 Å². The summed E-state index contributed by atoms with van der Waals surface area (Å²) in [7, 11) is 1.85. The number of piperidine rings is 1. The molecule has 5 heterocycles. The van der Waals surface area contributed by atoms with Gasteiger partial charge in [0.1, 0.15) is 17.1 Å². The number of pyridine rings is 2. The van der Waals surface area contributed by atoms with Crippen LogP contribution in [0.5, 0.6) is 0 Å². The predicted molar refractivity (Wildman–Crippen MR) is 153 cm³/mol. The average molecular weight is 531 g/mol. The SMILES string of the molecule is CN(C(=O)OC(C)(C)C)C1CCN(c2cccc3nc(CN4CCC[C@H]5CCc6cccnc6[C@]54C)cn23)C1. The molecule has 39 heavy (non-hydrogen) atoms. The maximum atomic E-state index is 12.7. The Hall–Kier alpha value is -3.13. The molecule has 1 unspecified atom stereocenters. The number of carbonyl (C=O) groups is 1. The van der Waals surface area contributed by atoms with E-state index in [1.54, 1.807) is 4.90 Å². The lowest BCUT2D eigenvalue weighted by molar-refractivity contribution is -0.0179. The average Bonchev–Trinajstić information content (AvgIpc) is 3.55. The number of anilines is 1. The van der Waals surface area contributed by atoms with Gasteiger partial charge in [-0.2, -0.15) is 0 Å². The molecule has 6 rings (SSSR count). The summed E-state index contributed by atoms with van der Waals surface area (Å²) in [5.41, 5.74) is 4.17. The quantitative estimate of drug-likeness (QED) is 0.459. The lowest BCUT2D eigenvalue weighted by Gasteiger charge is -2.52. The van der Waals surface area contributed by atoms with Gasteiger partial charge in [0.05, 0.1) is 23.0 Å². The van der Waals surface area contributed by atoms with E-state index >= 15 is 0 Å². The maximum Gasteiger partial charge on any atom is 0.410 e. The van der Waals surface area contributed by atoms with E-state index < -0.39 is 5.60 Å². The molecule has 2 fully saturated rings. The van der Waals surface area contributed by atoms with E-state index in [0.29, 0.717) is 5.92 Å². The van der Waals surface area contributed by atoms with Crippen LogP contribution < -0.4 is 4.90 Å². The molecule has 1 aliphatic carbocycles. The van der Waals surface area contributed by atoms with E-state index in [4.69, 9.17) is 14.7 Å². The third-order valence-corrected chi connectivity index (χ3v) is 9.16. The molecule has 0 aromatic carbocycles. The Morgan fingerprint density at radius 1 is 1.15 bits per heavy atom. The van der Waals surface area contributed by atoms with E-state index in [-0.39, 0.29) is 17.7 Å². The third kappa shape index (κ3) is 4.77. The van der Waals surface area contributed by atoms with E-state index in [0.717, 1.165) is 56.2 Å². The van der Waals surface area contributed by atoms with Crippen molar-refractivity contribution in [3.8, 4) is 0 Å². The summed E-state index contributed by atoms with van der Waals surface area (Å²) in [6, 6.07) is 10.8. The van der Waals surface area contributed by atoms with Crippen molar-refractivity contribution in [3.05, 3.63) is 59.7 Å². The third-order valence-electron chi connectivity index (χ3n) is 9.16. The molecule has 0 N–H and O–H groups in total. The van der Waals surface area contributed by atoms with Crippen LogP contribution in [0.15, 0.2) is 42.7 Å². The molecule has 3 aromatic heterocycles. The Morgan fingerprint density at radius 3 is 2.82 bits per heavy atom. The molecule has 0 saturated carbocycles. The first kappa shape index (κ1) is 26.1. The molecule has 8 heteroatoms. The van der Waals surface area contributed by atoms with E-state index in [1.807, 2.05) is 34.0 Å². The molecule has 1 amide bonds. The largest absolute Gasteiger partial charge is 0.444 e. The number of likely N-dealkylation sites (tertiary alicyclic amines) is 1. The zero-order chi connectivity index (χ0) is 27.4. The highest BCUT2D eigenvalue weighted by Gasteiger charge is 2.48. The second-order valence-corrected chi connectivity index (χ2v) is 12.8. The predicted octanol–water partition coefficient (Wildman–Crippen LogP) is 5.25. The molecular weight excluding hydrogens is 488 g/mol. The highest BCUT2D eigenvalue weighted by molar-refractivity contribution is 5.68. The fourth-order valence-corrected chi connectivity index (χ4v) is 7.06. The van der Waals surface area contributed by atoms with Crippen LogP contribution in [-0.4, -0.2) is 68.6 Å². The molecule has 2 saturated heterocycles. The van der Waals surface area contributed by atoms with Gasteiger partial charge in [-0.25, -0.2) is 9.78 Å². The molecule has 3 atom stereocenters. The van der Waals surface area contributed by atoms with E-state index in [1.165, 1.54) is 30.5 Å². The highest BCUT2D eigenvalue weighted by Crippen LogP contribution is 2.48. The van der Waals surface area contributed by atoms with Gasteiger partial charge in [0.25, 0.3) is 0 Å². The van der Waals surface area contributed by atoms with Gasteiger partial charge in [0.2, 0.25) is 0 Å². The van der Waals surface area contributed by atoms with E-state index in [2.05, 4.69) is 57.7 Å². The Bertz CT molecular complexity index is 1360. The number of carbonyl (C=O) groups excluding carboxylic acids is 1. The molecule has 3 aromatic rings. The summed E-state index contributed by atoms with van der Waals surface area (Å²) in [6.07, 6.45) is 9.68. The first-order chi connectivity index (χ1) is 18.6. The van der Waals surface area contributed by atoms with E-state index in [9.17, 15) is 4.79 Å². The number of aryl methyl sites for hydroxylation is 1. The lowest BCUT2D eigenvalue weighted by atomic mass is 9.67. The Morgan fingerprint density at radius 2 is 2.00 bits per heavy atom. The van der Waals surface area contributed by atoms with Crippen molar-refractivity contribution in [1.82, 2.24) is 24.2 Å². The van der Waals surface area contributed by atoms with Crippen LogP contribution >= 0.6 is 0 Å². The van der Waals surface area contributed by atoms with Gasteiger partial charge in [-0.3, -0.25) is 14.3 Å². The highest BCUT2D eigenvalue weighted by atomic mass is 16.6. The van der Waals surface area contributed by atoms with Crippen LogP contribution in [0.1, 0.15) is 70.3 Å². The number of ether oxygens (including phenoxy) is 1. The fraction of sp³-hybridized carbons (Fsp3) is 0.581. The summed E-state index contributed by atoms with van der Waals surface area (Å²) in [6.45, 7) is 11.7. The minimum Gasteiger partial charge on any atom is -0.444 e. The second kappa shape index (κ2) is 9.81. The summed E-state index contributed by atoms with van der Waals surface area (Å²) in [5, 5.41) is 0. The summed E-state index contributed by atoms with van der Waals surface area (Å²) < 4.78 is 7.83. The number of amides is 1. The molecule has 3 aliphatic rings. The Balaban J connectivity index is 1.23. The molecule has 208 valence electrons. The van der Waals surface area contributed by atoms with Crippen molar-refractivity contribution in [2.24, 2.45) is 5.92 Å². The smallest absolute Gasteiger partial charge is 0.410 e. The van der Waals surface area contributed by atoms with Crippen molar-refractivity contribution < 1.29 is 9.53 Å². The molecule has 2 aliphatic heterocycles. The molecule has 0 radical (unpaired) electrons. The number of fused-ring (bicyclic) bond motifs is 4. The normalized spacial score (nSPS) is 25.4. The Labute approximate surface area is 232 Å². The first-order valence-electron chi connectivity index (χ1n) is 14.5. The van der Waals surface area contributed by atoms with Crippen LogP contribution in [0.3, 0.4) is 0 Å². The summed E-state index contributed by atoms with van der Waals surface area (Å²) in [4.78, 5) is 29.4. The number of nitrogens with zero attached hydrogens (tertiary/aromatic N) is 6. The standard InChI is InChI=1S/C31H42N6O2/c1-30(2,3)39-29(38)34(5)25-15-18-35(21-25)27-12-6-11-26-33-24(20-37(26)27)19-36-17-8-10-23-14-13-22-9-7-16-32-28(22)31(23,36)4/h6-7,9,11-12,16,20,23,25H,8,10,13-15,17-19,21H2,1-5H3/t23-,25?,31-/m0/s1. The number of hydrogen-bond donors (Lipinski definition) is 0. The van der Waals surface area contributed by atoms with Gasteiger partial charge >= 0.3 is 6.09 Å². The van der Waals surface area contributed by atoms with Crippen molar-refractivity contribution in [2.75, 3.05) is 31.6 Å². The van der Waals surface area contributed by atoms with Crippen molar-refractivity contribution in [2.45, 2.75) is 83.5 Å². The van der Waals surface area contributed by atoms with Crippen molar-refractivity contribution in [3.63, 3.8) is 0 Å². The van der Waals surface area contributed by atoms with Gasteiger partial charge in [0, 0.05) is 39.1 Å². The van der Waals surface area contributed by atoms with Crippen LogP contribution in [0.2, 0.25) is 0 Å². The minimum absolute atomic E-state index is 0.0554. The Kier molecular flexibility index (Phi) is 6.57. The number of imidazole rings is 1. The topological polar surface area (TPSA) is 66.2 Å². The summed E-state index contributed by atoms with van der Waals surface area (Å²) in [5.74, 6) is 1.75. The summed E-state index contributed by atoms with van der Waals surface area (Å²) >= 11 is 0. The lowest BCUT2D eigenvalue weighted by Crippen LogP contribution is -2.54. The van der Waals surface area contributed by atoms with Crippen LogP contribution in [-0.2, 0) is 23.2 Å². The molecular formula is C31H42N6O2. The molecule has 0 bridgehead atoms. The maximum absolute atomic E-state index is 12.7. The molecule has 8 nitrogen and oxygen atoms in total. The number of aromatic nitrogens is 3. The van der Waals surface area contributed by atoms with Crippen molar-refractivity contribution in [1.29, 1.82) is 0 Å². The second-order valence-electron chi connectivity index (χ2n) is 12.8. The minimum atomic E-state index is -0.496. The van der Waals surface area contributed by atoms with Gasteiger partial charge in [0.15, 0.2) is 0 Å². The van der Waals surface area contributed by atoms with Crippen LogP contribution in [0, 0.1) is 5.92 Å². The van der Waals surface area contributed by atoms with Crippen LogP contribution in [0.4, 0.5) is 10.6 Å². The van der Waals surface area contributed by atoms with Gasteiger partial charge in [-0.1, -0.05) is 12.1 Å². The zero-order valence-electron chi connectivity index (χ0n) is 24.1. The fourth-order valence-electron chi connectivity index (χ4n) is 7.06.